The maximum absolute atomic E-state index is 12.5. The summed E-state index contributed by atoms with van der Waals surface area (Å²) in [6.45, 7) is 5.90. The van der Waals surface area contributed by atoms with Crippen LogP contribution in [-0.4, -0.2) is 21.0 Å². The van der Waals surface area contributed by atoms with Crippen molar-refractivity contribution in [3.05, 3.63) is 64.7 Å². The second-order valence-electron chi connectivity index (χ2n) is 6.23. The molecular weight excluding hydrogens is 425 g/mol. The zero-order valence-corrected chi connectivity index (χ0v) is 18.2. The average Bonchev–Trinajstić information content (AvgIpc) is 2.56. The minimum Gasteiger partial charge on any atom is -0.339 e. The molecule has 2 aromatic carbocycles. The lowest BCUT2D eigenvalue weighted by Gasteiger charge is -2.28. The van der Waals surface area contributed by atoms with Crippen LogP contribution in [0.15, 0.2) is 42.5 Å². The number of thiocarbonyl (C=S) groups is 1. The lowest BCUT2D eigenvalue weighted by Crippen LogP contribution is -2.56. The fourth-order valence-electron chi connectivity index (χ4n) is 2.36. The van der Waals surface area contributed by atoms with Gasteiger partial charge in [0.1, 0.15) is 6.17 Å². The molecule has 2 aromatic rings. The summed E-state index contributed by atoms with van der Waals surface area (Å²) in [4.78, 5) is 12.5. The molecule has 4 nitrogen and oxygen atoms in total. The third-order valence-electron chi connectivity index (χ3n) is 3.82. The summed E-state index contributed by atoms with van der Waals surface area (Å²) in [5, 5.41) is 8.79. The molecule has 1 amide bonds. The van der Waals surface area contributed by atoms with Crippen LogP contribution in [0.1, 0.15) is 27.0 Å². The first-order chi connectivity index (χ1) is 12.6. The van der Waals surface area contributed by atoms with Crippen molar-refractivity contribution in [2.75, 3.05) is 5.32 Å². The molecule has 8 heteroatoms. The van der Waals surface area contributed by atoms with E-state index >= 15 is 0 Å². The van der Waals surface area contributed by atoms with E-state index in [0.29, 0.717) is 5.56 Å². The molecular formula is C19H20Cl3N3OS. The normalized spacial score (nSPS) is 12.2. The fourth-order valence-corrected chi connectivity index (χ4v) is 2.92. The molecule has 0 saturated heterocycles. The molecule has 0 aliphatic heterocycles. The lowest BCUT2D eigenvalue weighted by atomic mass is 10.1. The van der Waals surface area contributed by atoms with Crippen LogP contribution in [0.4, 0.5) is 5.69 Å². The summed E-state index contributed by atoms with van der Waals surface area (Å²) in [6, 6.07) is 13.0. The van der Waals surface area contributed by atoms with E-state index in [2.05, 4.69) is 16.0 Å². The van der Waals surface area contributed by atoms with Gasteiger partial charge in [0.2, 0.25) is 3.79 Å². The Morgan fingerprint density at radius 1 is 0.963 bits per heavy atom. The number of carbonyl (C=O) groups is 1. The summed E-state index contributed by atoms with van der Waals surface area (Å²) in [5.74, 6) is -0.381. The van der Waals surface area contributed by atoms with Gasteiger partial charge in [0.15, 0.2) is 5.11 Å². The van der Waals surface area contributed by atoms with E-state index in [4.69, 9.17) is 47.0 Å². The molecule has 2 rings (SSSR count). The maximum atomic E-state index is 12.5. The van der Waals surface area contributed by atoms with Gasteiger partial charge in [-0.3, -0.25) is 4.79 Å². The topological polar surface area (TPSA) is 53.2 Å². The largest absolute Gasteiger partial charge is 0.339 e. The number of aryl methyl sites for hydroxylation is 3. The van der Waals surface area contributed by atoms with Gasteiger partial charge in [-0.1, -0.05) is 70.2 Å². The molecule has 0 aliphatic rings. The van der Waals surface area contributed by atoms with Gasteiger partial charge in [-0.2, -0.15) is 0 Å². The zero-order valence-electron chi connectivity index (χ0n) is 15.1. The van der Waals surface area contributed by atoms with Crippen LogP contribution in [0, 0.1) is 20.8 Å². The second kappa shape index (κ2) is 9.11. The Kier molecular flexibility index (Phi) is 7.34. The molecule has 0 radical (unpaired) electrons. The van der Waals surface area contributed by atoms with Crippen molar-refractivity contribution >= 4 is 63.7 Å². The van der Waals surface area contributed by atoms with Gasteiger partial charge in [-0.25, -0.2) is 0 Å². The van der Waals surface area contributed by atoms with Crippen molar-refractivity contribution in [3.8, 4) is 0 Å². The van der Waals surface area contributed by atoms with E-state index in [0.717, 1.165) is 22.4 Å². The fraction of sp³-hybridized carbons (Fsp3) is 0.263. The number of hydrogen-bond donors (Lipinski definition) is 3. The molecule has 0 aliphatic carbocycles. The quantitative estimate of drug-likeness (QED) is 0.352. The number of benzene rings is 2. The van der Waals surface area contributed by atoms with Crippen molar-refractivity contribution in [1.82, 2.24) is 10.6 Å². The van der Waals surface area contributed by atoms with Crippen LogP contribution in [0.2, 0.25) is 0 Å². The molecule has 3 N–H and O–H groups in total. The van der Waals surface area contributed by atoms with E-state index in [1.165, 1.54) is 0 Å². The summed E-state index contributed by atoms with van der Waals surface area (Å²) >= 11 is 23.4. The number of rotatable bonds is 4. The Bertz CT molecular complexity index is 835. The minimum atomic E-state index is -1.81. The van der Waals surface area contributed by atoms with E-state index in [1.54, 1.807) is 12.1 Å². The summed E-state index contributed by atoms with van der Waals surface area (Å²) in [7, 11) is 0. The molecule has 0 fully saturated rings. The van der Waals surface area contributed by atoms with E-state index < -0.39 is 9.96 Å². The minimum absolute atomic E-state index is 0.225. The van der Waals surface area contributed by atoms with Crippen LogP contribution in [-0.2, 0) is 0 Å². The second-order valence-corrected chi connectivity index (χ2v) is 9.01. The number of alkyl halides is 3. The van der Waals surface area contributed by atoms with Crippen molar-refractivity contribution < 1.29 is 4.79 Å². The first-order valence-corrected chi connectivity index (χ1v) is 9.69. The van der Waals surface area contributed by atoms with Gasteiger partial charge in [-0.05, 0) is 56.8 Å². The number of halogens is 3. The van der Waals surface area contributed by atoms with E-state index in [-0.39, 0.29) is 11.0 Å². The predicted molar refractivity (Wildman–Crippen MR) is 118 cm³/mol. The Morgan fingerprint density at radius 3 is 2.11 bits per heavy atom. The standard InChI is InChI=1S/C19H20Cl3N3OS/c1-11-4-7-14(8-5-11)16(26)24-17(19(20,21)22)25-18(27)23-15-9-6-12(2)10-13(15)3/h4-10,17H,1-3H3,(H,24,26)(H2,23,25,27)/t17-/m1/s1. The van der Waals surface area contributed by atoms with E-state index in [9.17, 15) is 4.79 Å². The monoisotopic (exact) mass is 443 g/mol. The van der Waals surface area contributed by atoms with Crippen molar-refractivity contribution in [2.45, 2.75) is 30.7 Å². The first kappa shape index (κ1) is 21.8. The number of nitrogens with one attached hydrogen (secondary N) is 3. The predicted octanol–water partition coefficient (Wildman–Crippen LogP) is 5.02. The maximum Gasteiger partial charge on any atom is 0.252 e. The molecule has 0 saturated carbocycles. The highest BCUT2D eigenvalue weighted by Gasteiger charge is 2.34. The Balaban J connectivity index is 2.08. The SMILES string of the molecule is Cc1ccc(C(=O)N[C@H](NC(=S)Nc2ccc(C)cc2C)C(Cl)(Cl)Cl)cc1. The van der Waals surface area contributed by atoms with Gasteiger partial charge in [0.25, 0.3) is 5.91 Å². The van der Waals surface area contributed by atoms with E-state index in [1.807, 2.05) is 51.1 Å². The number of hydrogen-bond acceptors (Lipinski definition) is 2. The highest BCUT2D eigenvalue weighted by molar-refractivity contribution is 7.80. The highest BCUT2D eigenvalue weighted by Crippen LogP contribution is 2.29. The van der Waals surface area contributed by atoms with Gasteiger partial charge in [-0.15, -0.1) is 0 Å². The Morgan fingerprint density at radius 2 is 1.56 bits per heavy atom. The molecule has 1 atom stereocenters. The van der Waals surface area contributed by atoms with Crippen LogP contribution in [0.25, 0.3) is 0 Å². The van der Waals surface area contributed by atoms with Crippen LogP contribution in [0.5, 0.6) is 0 Å². The number of anilines is 1. The van der Waals surface area contributed by atoms with Crippen molar-refractivity contribution in [2.24, 2.45) is 0 Å². The van der Waals surface area contributed by atoms with Gasteiger partial charge in [0, 0.05) is 11.3 Å². The van der Waals surface area contributed by atoms with Crippen LogP contribution >= 0.6 is 47.0 Å². The molecule has 27 heavy (non-hydrogen) atoms. The molecule has 144 valence electrons. The molecule has 0 heterocycles. The third kappa shape index (κ3) is 6.54. The van der Waals surface area contributed by atoms with Crippen LogP contribution in [0.3, 0.4) is 0 Å². The Hall–Kier alpha value is -1.53. The van der Waals surface area contributed by atoms with Crippen molar-refractivity contribution in [1.29, 1.82) is 0 Å². The molecule has 0 bridgehead atoms. The smallest absolute Gasteiger partial charge is 0.252 e. The highest BCUT2D eigenvalue weighted by atomic mass is 35.6. The summed E-state index contributed by atoms with van der Waals surface area (Å²) in [5.41, 5.74) is 4.48. The summed E-state index contributed by atoms with van der Waals surface area (Å²) in [6.07, 6.45) is -1.03. The number of carbonyl (C=O) groups excluding carboxylic acids is 1. The molecule has 0 unspecified atom stereocenters. The Labute approximate surface area is 179 Å². The average molecular weight is 445 g/mol. The third-order valence-corrected chi connectivity index (χ3v) is 4.70. The summed E-state index contributed by atoms with van der Waals surface area (Å²) < 4.78 is -1.81. The van der Waals surface area contributed by atoms with Gasteiger partial charge in [0.05, 0.1) is 0 Å². The zero-order chi connectivity index (χ0) is 20.2. The van der Waals surface area contributed by atoms with Crippen molar-refractivity contribution in [3.63, 3.8) is 0 Å². The van der Waals surface area contributed by atoms with Gasteiger partial charge >= 0.3 is 0 Å². The van der Waals surface area contributed by atoms with Gasteiger partial charge < -0.3 is 16.0 Å². The molecule has 0 spiro atoms. The molecule has 0 aromatic heterocycles. The first-order valence-electron chi connectivity index (χ1n) is 8.15. The lowest BCUT2D eigenvalue weighted by molar-refractivity contribution is 0.0934. The number of amides is 1. The van der Waals surface area contributed by atoms with Crippen LogP contribution < -0.4 is 16.0 Å².